The molecule has 0 atom stereocenters. The maximum atomic E-state index is 5.74. The number of rotatable bonds is 12. The zero-order valence-electron chi connectivity index (χ0n) is 21.3. The first-order chi connectivity index (χ1) is 17.6. The molecule has 4 aromatic rings. The van der Waals surface area contributed by atoms with Crippen molar-refractivity contribution in [3.8, 4) is 11.4 Å². The van der Waals surface area contributed by atoms with E-state index in [1.54, 1.807) is 14.2 Å². The molecule has 0 bridgehead atoms. The molecule has 0 saturated heterocycles. The summed E-state index contributed by atoms with van der Waals surface area (Å²) in [6.45, 7) is 4.78. The zero-order chi connectivity index (χ0) is 25.4. The van der Waals surface area contributed by atoms with Gasteiger partial charge in [0.25, 0.3) is 0 Å². The lowest BCUT2D eigenvalue weighted by atomic mass is 10.0. The Morgan fingerprint density at radius 3 is 2.44 bits per heavy atom. The molecule has 0 fully saturated rings. The second-order valence-corrected chi connectivity index (χ2v) is 8.62. The summed E-state index contributed by atoms with van der Waals surface area (Å²) < 4.78 is 13.4. The molecule has 2 aromatic heterocycles. The van der Waals surface area contributed by atoms with Crippen LogP contribution in [-0.4, -0.2) is 49.6 Å². The van der Waals surface area contributed by atoms with E-state index in [2.05, 4.69) is 76.9 Å². The Hall–Kier alpha value is -3.69. The van der Waals surface area contributed by atoms with Crippen molar-refractivity contribution in [3.05, 3.63) is 82.9 Å². The van der Waals surface area contributed by atoms with Gasteiger partial charge in [0.05, 0.1) is 6.54 Å². The summed E-state index contributed by atoms with van der Waals surface area (Å²) in [5.74, 6) is 1.04. The number of nitrogens with zero attached hydrogens (tertiary/aromatic N) is 6. The Labute approximate surface area is 211 Å². The summed E-state index contributed by atoms with van der Waals surface area (Å²) in [4.78, 5) is 4.78. The van der Waals surface area contributed by atoms with Crippen molar-refractivity contribution in [2.75, 3.05) is 14.2 Å². The molecule has 9 heteroatoms. The Balaban J connectivity index is 1.53. The van der Waals surface area contributed by atoms with Crippen LogP contribution in [-0.2, 0) is 28.2 Å². The fourth-order valence-corrected chi connectivity index (χ4v) is 4.17. The molecular formula is C27H33N7O2. The van der Waals surface area contributed by atoms with Crippen molar-refractivity contribution in [1.29, 1.82) is 0 Å². The maximum absolute atomic E-state index is 5.74. The van der Waals surface area contributed by atoms with Crippen LogP contribution in [0.5, 0.6) is 0 Å². The lowest BCUT2D eigenvalue weighted by molar-refractivity contribution is -0.225. The van der Waals surface area contributed by atoms with Crippen molar-refractivity contribution in [3.63, 3.8) is 0 Å². The largest absolute Gasteiger partial charge is 0.347 e. The van der Waals surface area contributed by atoms with Crippen LogP contribution in [0, 0.1) is 0 Å². The first-order valence-corrected chi connectivity index (χ1v) is 12.2. The minimum absolute atomic E-state index is 0.545. The van der Waals surface area contributed by atoms with Gasteiger partial charge in [-0.15, -0.1) is 10.2 Å². The average Bonchev–Trinajstić information content (AvgIpc) is 3.58. The number of H-pyrrole nitrogens is 1. The molecule has 0 unspecified atom stereocenters. The van der Waals surface area contributed by atoms with E-state index in [-0.39, 0.29) is 0 Å². The summed E-state index contributed by atoms with van der Waals surface area (Å²) in [6.07, 6.45) is 7.37. The molecule has 9 nitrogen and oxygen atoms in total. The quantitative estimate of drug-likeness (QED) is 0.287. The molecule has 4 rings (SSSR count). The normalized spacial score (nSPS) is 12.0. The number of methoxy groups -OCH3 is 2. The van der Waals surface area contributed by atoms with Gasteiger partial charge in [-0.25, -0.2) is 14.8 Å². The fourth-order valence-electron chi connectivity index (χ4n) is 4.17. The van der Waals surface area contributed by atoms with Crippen LogP contribution in [0.2, 0.25) is 0 Å². The van der Waals surface area contributed by atoms with Gasteiger partial charge in [0.15, 0.2) is 11.6 Å². The summed E-state index contributed by atoms with van der Waals surface area (Å²) in [7, 11) is 3.27. The smallest absolute Gasteiger partial charge is 0.231 e. The highest BCUT2D eigenvalue weighted by Crippen LogP contribution is 2.29. The summed E-state index contributed by atoms with van der Waals surface area (Å²) >= 11 is 0. The lowest BCUT2D eigenvalue weighted by Crippen LogP contribution is -2.32. The number of hydrogen-bond donors (Lipinski definition) is 1. The predicted octanol–water partition coefficient (Wildman–Crippen LogP) is 4.77. The molecule has 0 aliphatic heterocycles. The molecule has 0 amide bonds. The second-order valence-electron chi connectivity index (χ2n) is 8.62. The maximum Gasteiger partial charge on any atom is 0.231 e. The van der Waals surface area contributed by atoms with Gasteiger partial charge in [-0.1, -0.05) is 68.8 Å². The number of benzene rings is 2. The first-order valence-electron chi connectivity index (χ1n) is 12.2. The van der Waals surface area contributed by atoms with E-state index < -0.39 is 5.79 Å². The van der Waals surface area contributed by atoms with Crippen LogP contribution in [0.15, 0.2) is 54.6 Å². The number of tetrazole rings is 1. The van der Waals surface area contributed by atoms with Gasteiger partial charge in [0, 0.05) is 26.2 Å². The molecular weight excluding hydrogens is 454 g/mol. The Kier molecular flexibility index (Phi) is 8.35. The highest BCUT2D eigenvalue weighted by Gasteiger charge is 2.36. The summed E-state index contributed by atoms with van der Waals surface area (Å²) in [6, 6.07) is 16.8. The minimum atomic E-state index is -0.949. The number of allylic oxidation sites excluding steroid dienone is 1. The van der Waals surface area contributed by atoms with Crippen LogP contribution in [0.3, 0.4) is 0 Å². The fraction of sp³-hybridized carbons (Fsp3) is 0.370. The van der Waals surface area contributed by atoms with Gasteiger partial charge in [-0.3, -0.25) is 0 Å². The standard InChI is InChI=1S/C27H33N7O2/c1-5-7-11-24-28-26(27(35-3,36-4)16-6-2)31-34(24)19-21-14-12-20(13-15-21)17-22-9-8-10-23(18-22)25-29-32-33-30-25/h7-15,18H,5-6,16-17,19H2,1-4H3,(H,29,30,32,33). The number of nitrogens with one attached hydrogen (secondary N) is 1. The topological polar surface area (TPSA) is 104 Å². The Bertz CT molecular complexity index is 1260. The van der Waals surface area contributed by atoms with E-state index in [4.69, 9.17) is 19.6 Å². The van der Waals surface area contributed by atoms with Crippen LogP contribution in [0.1, 0.15) is 61.4 Å². The highest BCUT2D eigenvalue weighted by molar-refractivity contribution is 5.55. The van der Waals surface area contributed by atoms with Crippen LogP contribution < -0.4 is 0 Å². The number of ether oxygens (including phenoxy) is 2. The molecule has 2 aromatic carbocycles. The molecule has 2 heterocycles. The Morgan fingerprint density at radius 2 is 1.78 bits per heavy atom. The predicted molar refractivity (Wildman–Crippen MR) is 138 cm³/mol. The van der Waals surface area contributed by atoms with E-state index in [1.807, 2.05) is 22.9 Å². The zero-order valence-corrected chi connectivity index (χ0v) is 21.3. The van der Waals surface area contributed by atoms with E-state index in [9.17, 15) is 0 Å². The van der Waals surface area contributed by atoms with Crippen molar-refractivity contribution in [2.24, 2.45) is 0 Å². The molecule has 36 heavy (non-hydrogen) atoms. The van der Waals surface area contributed by atoms with Crippen molar-refractivity contribution in [2.45, 2.75) is 51.9 Å². The van der Waals surface area contributed by atoms with Crippen LogP contribution >= 0.6 is 0 Å². The van der Waals surface area contributed by atoms with Gasteiger partial charge in [-0.2, -0.15) is 0 Å². The average molecular weight is 488 g/mol. The van der Waals surface area contributed by atoms with Gasteiger partial charge >= 0.3 is 0 Å². The first kappa shape index (κ1) is 25.4. The lowest BCUT2D eigenvalue weighted by Gasteiger charge is -2.27. The molecule has 0 aliphatic carbocycles. The van der Waals surface area contributed by atoms with E-state index in [0.29, 0.717) is 24.6 Å². The monoisotopic (exact) mass is 487 g/mol. The molecule has 0 aliphatic rings. The van der Waals surface area contributed by atoms with Gasteiger partial charge in [0.1, 0.15) is 0 Å². The second kappa shape index (κ2) is 11.8. The third-order valence-electron chi connectivity index (χ3n) is 6.09. The molecule has 1 N–H and O–H groups in total. The van der Waals surface area contributed by atoms with Gasteiger partial charge in [0.2, 0.25) is 11.6 Å². The SMILES string of the molecule is CCC=Cc1nc(C(CCC)(OC)OC)nn1Cc1ccc(Cc2cccc(-c3nnn[nH]3)c2)cc1. The third-order valence-corrected chi connectivity index (χ3v) is 6.09. The van der Waals surface area contributed by atoms with Gasteiger partial charge in [-0.05, 0) is 52.1 Å². The van der Waals surface area contributed by atoms with Crippen molar-refractivity contribution < 1.29 is 9.47 Å². The molecule has 188 valence electrons. The van der Waals surface area contributed by atoms with Crippen molar-refractivity contribution >= 4 is 6.08 Å². The minimum Gasteiger partial charge on any atom is -0.347 e. The third kappa shape index (κ3) is 5.75. The van der Waals surface area contributed by atoms with E-state index in [1.165, 1.54) is 11.1 Å². The molecule has 0 radical (unpaired) electrons. The van der Waals surface area contributed by atoms with Gasteiger partial charge < -0.3 is 9.47 Å². The van der Waals surface area contributed by atoms with E-state index in [0.717, 1.165) is 36.2 Å². The number of aromatic amines is 1. The molecule has 0 saturated carbocycles. The summed E-state index contributed by atoms with van der Waals surface area (Å²) in [5, 5.41) is 18.9. The summed E-state index contributed by atoms with van der Waals surface area (Å²) in [5.41, 5.74) is 4.52. The Morgan fingerprint density at radius 1 is 1.00 bits per heavy atom. The number of hydrogen-bond acceptors (Lipinski definition) is 7. The molecule has 0 spiro atoms. The van der Waals surface area contributed by atoms with Crippen molar-refractivity contribution in [1.82, 2.24) is 35.4 Å². The highest BCUT2D eigenvalue weighted by atomic mass is 16.7. The number of aromatic nitrogens is 7. The van der Waals surface area contributed by atoms with Crippen LogP contribution in [0.4, 0.5) is 0 Å². The van der Waals surface area contributed by atoms with E-state index >= 15 is 0 Å². The van der Waals surface area contributed by atoms with Crippen LogP contribution in [0.25, 0.3) is 17.5 Å².